The Morgan fingerprint density at radius 3 is 1.24 bits per heavy atom. The summed E-state index contributed by atoms with van der Waals surface area (Å²) in [6.07, 6.45) is 0. The van der Waals surface area contributed by atoms with E-state index in [9.17, 15) is 0 Å². The van der Waals surface area contributed by atoms with Crippen LogP contribution >= 0.6 is 22.7 Å². The van der Waals surface area contributed by atoms with Crippen LogP contribution < -0.4 is 4.90 Å². The molecule has 0 saturated heterocycles. The van der Waals surface area contributed by atoms with Crippen molar-refractivity contribution in [3.05, 3.63) is 291 Å². The number of hydrogen-bond donors (Lipinski definition) is 0. The maximum atomic E-state index is 2.48. The number of fused-ring (bicyclic) bond motifs is 15. The third-order valence-electron chi connectivity index (χ3n) is 17.0. The molecule has 0 unspecified atom stereocenters. The molecule has 0 saturated carbocycles. The zero-order valence-corrected chi connectivity index (χ0v) is 46.1. The van der Waals surface area contributed by atoms with Crippen molar-refractivity contribution in [1.82, 2.24) is 4.57 Å². The predicted octanol–water partition coefficient (Wildman–Crippen LogP) is 23.1. The van der Waals surface area contributed by atoms with E-state index in [1.165, 1.54) is 133 Å². The second-order valence-electron chi connectivity index (χ2n) is 21.6. The second-order valence-corrected chi connectivity index (χ2v) is 23.7. The van der Waals surface area contributed by atoms with E-state index in [2.05, 4.69) is 301 Å². The summed E-state index contributed by atoms with van der Waals surface area (Å²) in [7, 11) is 0. The molecule has 0 bridgehead atoms. The van der Waals surface area contributed by atoms with Gasteiger partial charge in [-0.25, -0.2) is 0 Å². The van der Waals surface area contributed by atoms with E-state index in [1.54, 1.807) is 0 Å². The van der Waals surface area contributed by atoms with Crippen molar-refractivity contribution in [3.8, 4) is 50.2 Å². The SMILES string of the molecule is c1ccc(N(c2ccc(-c3ccc4c(c3)c3cc(-c5ccc(-c6ccc7sc8ccccc8c7c6)cc5)ccc3n4-c3ccc4c5ccccc5c5ccccc5c4c3)cc2)c2ccc(-c3cccc4c3sc3ccccc34)cc2)cc1. The topological polar surface area (TPSA) is 8.17 Å². The highest BCUT2D eigenvalue weighted by molar-refractivity contribution is 7.26. The number of aromatic nitrogens is 1. The normalized spacial score (nSPS) is 11.9. The molecule has 0 aliphatic carbocycles. The zero-order valence-electron chi connectivity index (χ0n) is 44.4. The van der Waals surface area contributed by atoms with Gasteiger partial charge in [0, 0.05) is 73.9 Å². The van der Waals surface area contributed by atoms with Gasteiger partial charge in [0.2, 0.25) is 0 Å². The summed E-state index contributed by atoms with van der Waals surface area (Å²) in [5.74, 6) is 0. The number of hydrogen-bond acceptors (Lipinski definition) is 3. The van der Waals surface area contributed by atoms with E-state index in [0.29, 0.717) is 0 Å². The van der Waals surface area contributed by atoms with E-state index in [1.807, 2.05) is 22.7 Å². The largest absolute Gasteiger partial charge is 0.311 e. The Morgan fingerprint density at radius 2 is 0.646 bits per heavy atom. The molecule has 0 atom stereocenters. The summed E-state index contributed by atoms with van der Waals surface area (Å²) in [6, 6.07) is 108. The lowest BCUT2D eigenvalue weighted by Gasteiger charge is -2.26. The third-order valence-corrected chi connectivity index (χ3v) is 19.4. The van der Waals surface area contributed by atoms with Crippen molar-refractivity contribution in [2.24, 2.45) is 0 Å². The number of benzene rings is 14. The minimum Gasteiger partial charge on any atom is -0.311 e. The summed E-state index contributed by atoms with van der Waals surface area (Å²) < 4.78 is 7.78. The molecular formula is C78H48N2S2. The Labute approximate surface area is 481 Å². The van der Waals surface area contributed by atoms with Crippen molar-refractivity contribution in [1.29, 1.82) is 0 Å². The van der Waals surface area contributed by atoms with Crippen LogP contribution in [0, 0.1) is 0 Å². The van der Waals surface area contributed by atoms with Gasteiger partial charge < -0.3 is 9.47 Å². The molecule has 382 valence electrons. The van der Waals surface area contributed by atoms with Crippen LogP contribution in [0.15, 0.2) is 291 Å². The summed E-state index contributed by atoms with van der Waals surface area (Å²) in [6.45, 7) is 0. The average molecular weight is 1080 g/mol. The zero-order chi connectivity index (χ0) is 53.8. The highest BCUT2D eigenvalue weighted by Gasteiger charge is 2.19. The Bertz CT molecular complexity index is 5340. The van der Waals surface area contributed by atoms with Gasteiger partial charge in [0.15, 0.2) is 0 Å². The standard InChI is InChI=1S/C78H48N2S2/c1-2-13-56(14-3-1)79(58-38-31-52(32-39-58)60-21-12-22-68-66-19-8-11-24-76(66)82-78(60)68)57-36-29-51(30-37-57)54-34-43-74-71(46-54)70-45-53(49-25-27-50(28-26-49)55-35-44-77-72(47-55)67-20-9-10-23-75(67)81-77)33-42-73(70)80(74)59-40-41-65-63-17-5-4-15-61(63)62-16-6-7-18-64(62)69(65)48-59/h1-48H. The molecule has 0 spiro atoms. The van der Waals surface area contributed by atoms with Crippen molar-refractivity contribution in [2.75, 3.05) is 4.90 Å². The summed E-state index contributed by atoms with van der Waals surface area (Å²) in [4.78, 5) is 2.36. The summed E-state index contributed by atoms with van der Waals surface area (Å²) in [5, 5.41) is 15.3. The molecule has 3 aromatic heterocycles. The minimum absolute atomic E-state index is 1.10. The van der Waals surface area contributed by atoms with Gasteiger partial charge in [-0.1, -0.05) is 194 Å². The van der Waals surface area contributed by atoms with Crippen LogP contribution in [0.3, 0.4) is 0 Å². The quantitative estimate of drug-likeness (QED) is 0.138. The van der Waals surface area contributed by atoms with Gasteiger partial charge in [-0.3, -0.25) is 0 Å². The highest BCUT2D eigenvalue weighted by atomic mass is 32.1. The smallest absolute Gasteiger partial charge is 0.0541 e. The molecule has 0 N–H and O–H groups in total. The Hall–Kier alpha value is -10.1. The van der Waals surface area contributed by atoms with Gasteiger partial charge in [-0.15, -0.1) is 22.7 Å². The molecule has 0 fully saturated rings. The van der Waals surface area contributed by atoms with Gasteiger partial charge in [0.1, 0.15) is 0 Å². The van der Waals surface area contributed by atoms with Gasteiger partial charge in [-0.2, -0.15) is 0 Å². The maximum Gasteiger partial charge on any atom is 0.0541 e. The Kier molecular flexibility index (Phi) is 10.7. The fraction of sp³-hybridized carbons (Fsp3) is 0. The van der Waals surface area contributed by atoms with Crippen molar-refractivity contribution < 1.29 is 0 Å². The van der Waals surface area contributed by atoms with Gasteiger partial charge >= 0.3 is 0 Å². The van der Waals surface area contributed by atoms with Crippen LogP contribution in [0.5, 0.6) is 0 Å². The molecule has 2 nitrogen and oxygen atoms in total. The van der Waals surface area contributed by atoms with E-state index in [0.717, 1.165) is 28.3 Å². The van der Waals surface area contributed by atoms with Crippen LogP contribution in [0.4, 0.5) is 17.1 Å². The lowest BCUT2D eigenvalue weighted by molar-refractivity contribution is 1.19. The molecule has 0 aliphatic heterocycles. The number of para-hydroxylation sites is 1. The molecule has 17 rings (SSSR count). The molecule has 4 heteroatoms. The van der Waals surface area contributed by atoms with E-state index in [-0.39, 0.29) is 0 Å². The van der Waals surface area contributed by atoms with Crippen molar-refractivity contribution >= 4 is 134 Å². The molecule has 3 heterocycles. The van der Waals surface area contributed by atoms with Crippen molar-refractivity contribution in [3.63, 3.8) is 0 Å². The number of anilines is 3. The van der Waals surface area contributed by atoms with Crippen LogP contribution in [-0.2, 0) is 0 Å². The molecule has 17 aromatic rings. The molecular weight excluding hydrogens is 1030 g/mol. The Morgan fingerprint density at radius 1 is 0.232 bits per heavy atom. The van der Waals surface area contributed by atoms with Crippen LogP contribution in [0.1, 0.15) is 0 Å². The first kappa shape index (κ1) is 46.8. The number of rotatable bonds is 8. The van der Waals surface area contributed by atoms with Gasteiger partial charge in [0.05, 0.1) is 11.0 Å². The number of thiophene rings is 2. The lowest BCUT2D eigenvalue weighted by atomic mass is 9.94. The Balaban J connectivity index is 0.770. The molecule has 0 aliphatic rings. The highest BCUT2D eigenvalue weighted by Crippen LogP contribution is 2.45. The van der Waals surface area contributed by atoms with E-state index in [4.69, 9.17) is 0 Å². The van der Waals surface area contributed by atoms with Crippen LogP contribution in [0.2, 0.25) is 0 Å². The maximum absolute atomic E-state index is 2.48. The predicted molar refractivity (Wildman–Crippen MR) is 356 cm³/mol. The van der Waals surface area contributed by atoms with E-state index < -0.39 is 0 Å². The first-order chi connectivity index (χ1) is 40.6. The van der Waals surface area contributed by atoms with Gasteiger partial charge in [-0.05, 0) is 174 Å². The van der Waals surface area contributed by atoms with Crippen LogP contribution in [-0.4, -0.2) is 4.57 Å². The first-order valence-corrected chi connectivity index (χ1v) is 29.7. The average Bonchev–Trinajstić information content (AvgIpc) is 4.40. The fourth-order valence-corrected chi connectivity index (χ4v) is 15.4. The third kappa shape index (κ3) is 7.53. The van der Waals surface area contributed by atoms with Crippen molar-refractivity contribution in [2.45, 2.75) is 0 Å². The molecule has 14 aromatic carbocycles. The molecule has 0 amide bonds. The summed E-state index contributed by atoms with van der Waals surface area (Å²) >= 11 is 3.74. The number of nitrogens with zero attached hydrogens (tertiary/aromatic N) is 2. The molecule has 0 radical (unpaired) electrons. The van der Waals surface area contributed by atoms with Gasteiger partial charge in [0.25, 0.3) is 0 Å². The molecule has 82 heavy (non-hydrogen) atoms. The van der Waals surface area contributed by atoms with E-state index >= 15 is 0 Å². The second kappa shape index (κ2) is 18.8. The lowest BCUT2D eigenvalue weighted by Crippen LogP contribution is -2.09. The monoisotopic (exact) mass is 1080 g/mol. The summed E-state index contributed by atoms with van der Waals surface area (Å²) in [5.41, 5.74) is 16.4. The minimum atomic E-state index is 1.10. The van der Waals surface area contributed by atoms with Crippen LogP contribution in [0.25, 0.3) is 145 Å². The fourth-order valence-electron chi connectivity index (χ4n) is 13.0. The first-order valence-electron chi connectivity index (χ1n) is 28.0.